The monoisotopic (exact) mass is 645 g/mol. The van der Waals surface area contributed by atoms with E-state index in [-0.39, 0.29) is 101 Å². The smallest absolute Gasteiger partial charge is 0.407 e. The summed E-state index contributed by atoms with van der Waals surface area (Å²) in [6.07, 6.45) is -0.580. The van der Waals surface area contributed by atoms with E-state index in [0.717, 1.165) is 11.5 Å². The Hall–Kier alpha value is -1.88. The first-order valence-corrected chi connectivity index (χ1v) is 12.4. The number of anilines is 1. The minimum atomic E-state index is -0.779. The number of carbonyl (C=O) groups is 3. The van der Waals surface area contributed by atoms with Gasteiger partial charge >= 0.3 is 6.09 Å². The van der Waals surface area contributed by atoms with E-state index in [1.807, 2.05) is 38.1 Å². The average molecular weight is 646 g/mol. The number of likely N-dealkylation sites (tertiary alicyclic amines) is 1. The molecule has 1 heterocycles. The van der Waals surface area contributed by atoms with Crippen LogP contribution in [0.1, 0.15) is 46.6 Å². The van der Waals surface area contributed by atoms with Crippen molar-refractivity contribution in [3.63, 3.8) is 0 Å². The van der Waals surface area contributed by atoms with Crippen LogP contribution in [0.15, 0.2) is 54.6 Å². The maximum atomic E-state index is 13.0. The van der Waals surface area contributed by atoms with Crippen LogP contribution in [-0.2, 0) is 20.9 Å². The molecular weight excluding hydrogens is 608 g/mol. The van der Waals surface area contributed by atoms with Gasteiger partial charge in [-0.15, -0.1) is 0 Å². The Morgan fingerprint density at radius 3 is 2.21 bits per heavy atom. The number of alkyl carbamates (subject to hydrolysis) is 1. The molecule has 0 spiro atoms. The second kappa shape index (κ2) is 20.1. The summed E-state index contributed by atoms with van der Waals surface area (Å²) in [6.45, 7) is 10.3. The van der Waals surface area contributed by atoms with Gasteiger partial charge in [0.25, 0.3) is 0 Å². The predicted molar refractivity (Wildman–Crippen MR) is 146 cm³/mol. The summed E-state index contributed by atoms with van der Waals surface area (Å²) in [4.78, 5) is 38.1. The summed E-state index contributed by atoms with van der Waals surface area (Å²) in [6, 6.07) is 15.6. The fourth-order valence-corrected chi connectivity index (χ4v) is 3.22. The molecule has 1 radical (unpaired) electrons. The summed E-state index contributed by atoms with van der Waals surface area (Å²) in [7, 11) is 0. The fourth-order valence-electron chi connectivity index (χ4n) is 3.22. The number of hydrogen-bond donors (Lipinski definition) is 2. The summed E-state index contributed by atoms with van der Waals surface area (Å²) in [5.74, 6) is -1.03. The first-order chi connectivity index (χ1) is 17.7. The third-order valence-electron chi connectivity index (χ3n) is 4.85. The quantitative estimate of drug-likeness (QED) is 0.472. The number of rotatable bonds is 6. The van der Waals surface area contributed by atoms with E-state index in [0.29, 0.717) is 5.69 Å². The average Bonchev–Trinajstić information content (AvgIpc) is 3.34. The van der Waals surface area contributed by atoms with Crippen molar-refractivity contribution in [2.45, 2.75) is 53.7 Å². The molecular formula is C28H37CsFN4O4. The molecule has 1 saturated heterocycles. The van der Waals surface area contributed by atoms with Crippen LogP contribution in [0.25, 0.3) is 0 Å². The number of carbonyl (C=O) groups excluding carboxylic acids is 3. The van der Waals surface area contributed by atoms with E-state index >= 15 is 0 Å². The van der Waals surface area contributed by atoms with Gasteiger partial charge in [-0.3, -0.25) is 9.59 Å². The zero-order valence-corrected chi connectivity index (χ0v) is 29.4. The molecule has 0 bridgehead atoms. The minimum absolute atomic E-state index is 0. The maximum absolute atomic E-state index is 13.0. The Kier molecular flexibility index (Phi) is 19.1. The van der Waals surface area contributed by atoms with Gasteiger partial charge < -0.3 is 20.3 Å². The van der Waals surface area contributed by atoms with Gasteiger partial charge in [0.2, 0.25) is 11.8 Å². The number of nitrogens with one attached hydrogen (secondary N) is 2. The number of hydrogen-bond acceptors (Lipinski definition) is 5. The molecule has 2 aromatic carbocycles. The number of nitrogens with zero attached hydrogens (tertiary/aromatic N) is 2. The minimum Gasteiger partial charge on any atom is -0.445 e. The number of benzene rings is 2. The van der Waals surface area contributed by atoms with Crippen molar-refractivity contribution < 1.29 is 23.5 Å². The van der Waals surface area contributed by atoms with Gasteiger partial charge in [0, 0.05) is 81.1 Å². The summed E-state index contributed by atoms with van der Waals surface area (Å²) in [5, 5.41) is 14.4. The topological polar surface area (TPSA) is 112 Å². The third kappa shape index (κ3) is 13.8. The molecule has 38 heavy (non-hydrogen) atoms. The molecule has 201 valence electrons. The van der Waals surface area contributed by atoms with Crippen molar-refractivity contribution >= 4 is 92.5 Å². The molecule has 1 aliphatic rings. The van der Waals surface area contributed by atoms with E-state index in [4.69, 9.17) is 4.74 Å². The van der Waals surface area contributed by atoms with Crippen LogP contribution in [0, 0.1) is 29.0 Å². The molecule has 1 fully saturated rings. The Balaban J connectivity index is 0.00000179. The summed E-state index contributed by atoms with van der Waals surface area (Å²) >= 11 is 0. The Bertz CT molecular complexity index is 1030. The molecule has 2 N–H and O–H groups in total. The van der Waals surface area contributed by atoms with Crippen molar-refractivity contribution in [2.24, 2.45) is 11.8 Å². The van der Waals surface area contributed by atoms with Gasteiger partial charge in [-0.1, -0.05) is 65.0 Å². The molecule has 0 saturated carbocycles. The van der Waals surface area contributed by atoms with Gasteiger partial charge in [-0.2, -0.15) is 5.26 Å². The Morgan fingerprint density at radius 2 is 1.66 bits per heavy atom. The van der Waals surface area contributed by atoms with E-state index in [1.165, 1.54) is 29.2 Å². The number of amides is 3. The van der Waals surface area contributed by atoms with E-state index in [9.17, 15) is 24.0 Å². The Morgan fingerprint density at radius 1 is 1.08 bits per heavy atom. The molecule has 2 aromatic rings. The van der Waals surface area contributed by atoms with Crippen LogP contribution < -0.4 is 10.6 Å². The van der Waals surface area contributed by atoms with Crippen LogP contribution in [0.3, 0.4) is 0 Å². The van der Waals surface area contributed by atoms with E-state index < -0.39 is 29.8 Å². The fraction of sp³-hybridized carbons (Fsp3) is 0.429. The zero-order valence-electron chi connectivity index (χ0n) is 23.2. The van der Waals surface area contributed by atoms with Crippen LogP contribution in [0.2, 0.25) is 0 Å². The van der Waals surface area contributed by atoms with Crippen LogP contribution in [0.5, 0.6) is 0 Å². The standard InChI is InChI=1S/C22H21FN4O4.C4H10.C2H6.Cs/c23-17-6-8-18(9-7-17)26-21(29)16-10-19(11-24)27(13-16)20(28)12-25-22(30)31-14-15-4-2-1-3-5-15;1-4(2)3;1-2;/h1-9,16,19H,10,12-14H2,(H,25,30)(H,26,29);4H,1-3H3;1-2H3;. The van der Waals surface area contributed by atoms with Crippen molar-refractivity contribution in [1.82, 2.24) is 10.2 Å². The molecule has 2 unspecified atom stereocenters. The SMILES string of the molecule is CC.CC(C)C.N#CC1CC(C(=O)Nc2ccc(F)cc2)CN1C(=O)CNC(=O)OCc1ccccc1.[Cs]. The number of halogens is 1. The van der Waals surface area contributed by atoms with Crippen LogP contribution in [0.4, 0.5) is 14.9 Å². The second-order valence-corrected chi connectivity index (χ2v) is 8.77. The van der Waals surface area contributed by atoms with Gasteiger partial charge in [0.1, 0.15) is 25.0 Å². The predicted octanol–water partition coefficient (Wildman–Crippen LogP) is 4.74. The molecule has 2 atom stereocenters. The molecule has 3 rings (SSSR count). The molecule has 3 amide bonds. The first-order valence-electron chi connectivity index (χ1n) is 12.4. The molecule has 10 heteroatoms. The maximum Gasteiger partial charge on any atom is 0.407 e. The van der Waals surface area contributed by atoms with Crippen molar-refractivity contribution in [3.05, 3.63) is 66.0 Å². The largest absolute Gasteiger partial charge is 0.445 e. The van der Waals surface area contributed by atoms with E-state index in [2.05, 4.69) is 31.4 Å². The third-order valence-corrected chi connectivity index (χ3v) is 4.85. The molecule has 8 nitrogen and oxygen atoms in total. The normalized spacial score (nSPS) is 15.4. The number of ether oxygens (including phenoxy) is 1. The summed E-state index contributed by atoms with van der Waals surface area (Å²) in [5.41, 5.74) is 1.23. The summed E-state index contributed by atoms with van der Waals surface area (Å²) < 4.78 is 18.0. The van der Waals surface area contributed by atoms with Crippen LogP contribution >= 0.6 is 0 Å². The van der Waals surface area contributed by atoms with Crippen molar-refractivity contribution in [3.8, 4) is 6.07 Å². The molecule has 0 aromatic heterocycles. The van der Waals surface area contributed by atoms with Gasteiger partial charge in [-0.05, 0) is 42.2 Å². The number of nitriles is 1. The Labute approximate surface area is 284 Å². The van der Waals surface area contributed by atoms with Crippen molar-refractivity contribution in [1.29, 1.82) is 5.26 Å². The van der Waals surface area contributed by atoms with Gasteiger partial charge in [-0.25, -0.2) is 9.18 Å². The first kappa shape index (κ1) is 36.1. The van der Waals surface area contributed by atoms with Gasteiger partial charge in [0.05, 0.1) is 12.0 Å². The molecule has 1 aliphatic heterocycles. The van der Waals surface area contributed by atoms with Gasteiger partial charge in [0.15, 0.2) is 0 Å². The second-order valence-electron chi connectivity index (χ2n) is 8.77. The van der Waals surface area contributed by atoms with Crippen LogP contribution in [-0.4, -0.2) is 111 Å². The van der Waals surface area contributed by atoms with E-state index in [1.54, 1.807) is 12.1 Å². The zero-order chi connectivity index (χ0) is 27.8. The van der Waals surface area contributed by atoms with Crippen molar-refractivity contribution in [2.75, 3.05) is 18.4 Å². The molecule has 0 aliphatic carbocycles.